The molecule has 0 aromatic heterocycles. The summed E-state index contributed by atoms with van der Waals surface area (Å²) in [7, 11) is -0.806. The Bertz CT molecular complexity index is 1050. The Kier molecular flexibility index (Phi) is 6.06. The van der Waals surface area contributed by atoms with E-state index in [9.17, 15) is 18.5 Å². The Morgan fingerprint density at radius 2 is 1.72 bits per heavy atom. The van der Waals surface area contributed by atoms with Gasteiger partial charge in [-0.15, -0.1) is 0 Å². The highest BCUT2D eigenvalue weighted by molar-refractivity contribution is 7.89. The predicted molar refractivity (Wildman–Crippen MR) is 105 cm³/mol. The molecule has 1 aliphatic heterocycles. The SMILES string of the molecule is COc1ccc(C(=O)N2CCN(S(=O)(=O)c3ccccc3C#N)CC2)c(OC)c1. The molecule has 9 heteroatoms. The topological polar surface area (TPSA) is 99.9 Å². The number of sulfonamides is 1. The number of hydrogen-bond acceptors (Lipinski definition) is 6. The summed E-state index contributed by atoms with van der Waals surface area (Å²) in [5.74, 6) is 0.733. The number of nitrogens with zero attached hydrogens (tertiary/aromatic N) is 3. The first-order valence-corrected chi connectivity index (χ1v) is 10.4. The van der Waals surface area contributed by atoms with Crippen LogP contribution in [0.3, 0.4) is 0 Å². The molecule has 2 aromatic carbocycles. The zero-order valence-electron chi connectivity index (χ0n) is 16.2. The minimum atomic E-state index is -3.81. The molecule has 2 aromatic rings. The standard InChI is InChI=1S/C20H21N3O5S/c1-27-16-7-8-17(18(13-16)28-2)20(24)22-9-11-23(12-10-22)29(25,26)19-6-4-3-5-15(19)14-21/h3-8,13H,9-12H2,1-2H3. The molecule has 29 heavy (non-hydrogen) atoms. The van der Waals surface area contributed by atoms with Crippen LogP contribution in [0.5, 0.6) is 11.5 Å². The molecule has 0 spiro atoms. The van der Waals surface area contributed by atoms with Crippen molar-refractivity contribution in [2.75, 3.05) is 40.4 Å². The number of rotatable bonds is 5. The number of nitriles is 1. The van der Waals surface area contributed by atoms with Crippen LogP contribution in [0, 0.1) is 11.3 Å². The van der Waals surface area contributed by atoms with Crippen LogP contribution in [-0.2, 0) is 10.0 Å². The smallest absolute Gasteiger partial charge is 0.257 e. The second-order valence-corrected chi connectivity index (χ2v) is 8.28. The third kappa shape index (κ3) is 4.04. The lowest BCUT2D eigenvalue weighted by molar-refractivity contribution is 0.0694. The highest BCUT2D eigenvalue weighted by Crippen LogP contribution is 2.27. The molecule has 0 bridgehead atoms. The molecule has 1 aliphatic rings. The zero-order valence-corrected chi connectivity index (χ0v) is 17.0. The highest BCUT2D eigenvalue weighted by atomic mass is 32.2. The molecule has 8 nitrogen and oxygen atoms in total. The highest BCUT2D eigenvalue weighted by Gasteiger charge is 2.32. The van der Waals surface area contributed by atoms with Crippen LogP contribution in [0.15, 0.2) is 47.4 Å². The van der Waals surface area contributed by atoms with Crippen molar-refractivity contribution < 1.29 is 22.7 Å². The van der Waals surface area contributed by atoms with Crippen molar-refractivity contribution in [3.05, 3.63) is 53.6 Å². The van der Waals surface area contributed by atoms with E-state index in [0.717, 1.165) is 0 Å². The van der Waals surface area contributed by atoms with Crippen molar-refractivity contribution in [1.82, 2.24) is 9.21 Å². The van der Waals surface area contributed by atoms with E-state index < -0.39 is 10.0 Å². The van der Waals surface area contributed by atoms with Gasteiger partial charge in [-0.05, 0) is 24.3 Å². The molecule has 0 aliphatic carbocycles. The van der Waals surface area contributed by atoms with E-state index in [0.29, 0.717) is 17.1 Å². The zero-order chi connectivity index (χ0) is 21.0. The summed E-state index contributed by atoms with van der Waals surface area (Å²) in [4.78, 5) is 14.5. The fourth-order valence-electron chi connectivity index (χ4n) is 3.20. The maximum atomic E-state index is 12.9. The third-order valence-corrected chi connectivity index (χ3v) is 6.75. The van der Waals surface area contributed by atoms with Gasteiger partial charge in [0, 0.05) is 32.2 Å². The second kappa shape index (κ2) is 8.51. The summed E-state index contributed by atoms with van der Waals surface area (Å²) < 4.78 is 37.6. The van der Waals surface area contributed by atoms with Gasteiger partial charge in [0.05, 0.1) is 30.2 Å². The molecule has 0 N–H and O–H groups in total. The number of methoxy groups -OCH3 is 2. The number of amides is 1. The van der Waals surface area contributed by atoms with Gasteiger partial charge in [-0.2, -0.15) is 9.57 Å². The Labute approximate surface area is 169 Å². The quantitative estimate of drug-likeness (QED) is 0.737. The Morgan fingerprint density at radius 3 is 2.34 bits per heavy atom. The monoisotopic (exact) mass is 415 g/mol. The molecule has 0 radical (unpaired) electrons. The molecule has 1 heterocycles. The fraction of sp³-hybridized carbons (Fsp3) is 0.300. The molecule has 0 saturated carbocycles. The number of carbonyl (C=O) groups is 1. The first-order valence-electron chi connectivity index (χ1n) is 8.93. The summed E-state index contributed by atoms with van der Waals surface area (Å²) >= 11 is 0. The largest absolute Gasteiger partial charge is 0.497 e. The Morgan fingerprint density at radius 1 is 1.03 bits per heavy atom. The Hall–Kier alpha value is -3.09. The van der Waals surface area contributed by atoms with E-state index in [2.05, 4.69) is 0 Å². The average molecular weight is 415 g/mol. The van der Waals surface area contributed by atoms with Crippen molar-refractivity contribution in [3.63, 3.8) is 0 Å². The number of ether oxygens (including phenoxy) is 2. The van der Waals surface area contributed by atoms with Crippen molar-refractivity contribution in [3.8, 4) is 17.6 Å². The molecule has 1 fully saturated rings. The summed E-state index contributed by atoms with van der Waals surface area (Å²) in [5.41, 5.74) is 0.494. The van der Waals surface area contributed by atoms with Gasteiger partial charge in [0.25, 0.3) is 5.91 Å². The van der Waals surface area contributed by atoms with Gasteiger partial charge in [0.2, 0.25) is 10.0 Å². The molecule has 152 valence electrons. The van der Waals surface area contributed by atoms with Crippen molar-refractivity contribution in [2.45, 2.75) is 4.90 Å². The van der Waals surface area contributed by atoms with Crippen LogP contribution < -0.4 is 9.47 Å². The lowest BCUT2D eigenvalue weighted by Crippen LogP contribution is -2.50. The minimum Gasteiger partial charge on any atom is -0.497 e. The van der Waals surface area contributed by atoms with Crippen molar-refractivity contribution in [1.29, 1.82) is 5.26 Å². The maximum Gasteiger partial charge on any atom is 0.257 e. The van der Waals surface area contributed by atoms with E-state index in [4.69, 9.17) is 9.47 Å². The van der Waals surface area contributed by atoms with Crippen molar-refractivity contribution >= 4 is 15.9 Å². The fourth-order valence-corrected chi connectivity index (χ4v) is 4.76. The van der Waals surface area contributed by atoms with Gasteiger partial charge in [-0.25, -0.2) is 8.42 Å². The second-order valence-electron chi connectivity index (χ2n) is 6.37. The maximum absolute atomic E-state index is 12.9. The van der Waals surface area contributed by atoms with E-state index >= 15 is 0 Å². The predicted octanol–water partition coefficient (Wildman–Crippen LogP) is 1.72. The number of hydrogen-bond donors (Lipinski definition) is 0. The Balaban J connectivity index is 1.75. The minimum absolute atomic E-state index is 0.0147. The molecule has 3 rings (SSSR count). The number of carbonyl (C=O) groups excluding carboxylic acids is 1. The third-order valence-electron chi connectivity index (χ3n) is 4.79. The molecular weight excluding hydrogens is 394 g/mol. The first kappa shape index (κ1) is 20.6. The van der Waals surface area contributed by atoms with Gasteiger partial charge in [0.15, 0.2) is 0 Å². The normalized spacial score (nSPS) is 14.9. The average Bonchev–Trinajstić information content (AvgIpc) is 2.78. The lowest BCUT2D eigenvalue weighted by Gasteiger charge is -2.34. The van der Waals surface area contributed by atoms with Crippen LogP contribution in [-0.4, -0.2) is 63.9 Å². The van der Waals surface area contributed by atoms with Gasteiger partial charge in [-0.1, -0.05) is 12.1 Å². The molecule has 0 atom stereocenters. The van der Waals surface area contributed by atoms with Crippen LogP contribution in [0.1, 0.15) is 15.9 Å². The van der Waals surface area contributed by atoms with Gasteiger partial charge >= 0.3 is 0 Å². The number of piperazine rings is 1. The van der Waals surface area contributed by atoms with Crippen molar-refractivity contribution in [2.24, 2.45) is 0 Å². The van der Waals surface area contributed by atoms with Crippen LogP contribution in [0.4, 0.5) is 0 Å². The van der Waals surface area contributed by atoms with Gasteiger partial charge in [-0.3, -0.25) is 4.79 Å². The van der Waals surface area contributed by atoms with E-state index in [1.54, 1.807) is 35.2 Å². The first-order chi connectivity index (χ1) is 13.9. The molecule has 1 saturated heterocycles. The van der Waals surface area contributed by atoms with Crippen LogP contribution >= 0.6 is 0 Å². The molecule has 1 amide bonds. The van der Waals surface area contributed by atoms with E-state index in [-0.39, 0.29) is 42.5 Å². The van der Waals surface area contributed by atoms with E-state index in [1.165, 1.54) is 30.7 Å². The van der Waals surface area contributed by atoms with E-state index in [1.807, 2.05) is 6.07 Å². The summed E-state index contributed by atoms with van der Waals surface area (Å²) in [6.07, 6.45) is 0. The van der Waals surface area contributed by atoms with Gasteiger partial charge < -0.3 is 14.4 Å². The summed E-state index contributed by atoms with van der Waals surface area (Å²) in [6, 6.07) is 13.0. The number of benzene rings is 2. The molecular formula is C20H21N3O5S. The van der Waals surface area contributed by atoms with Crippen LogP contribution in [0.25, 0.3) is 0 Å². The summed E-state index contributed by atoms with van der Waals surface area (Å²) in [6.45, 7) is 0.766. The van der Waals surface area contributed by atoms with Gasteiger partial charge in [0.1, 0.15) is 17.6 Å². The van der Waals surface area contributed by atoms with Crippen LogP contribution in [0.2, 0.25) is 0 Å². The summed E-state index contributed by atoms with van der Waals surface area (Å²) in [5, 5.41) is 9.20. The lowest BCUT2D eigenvalue weighted by atomic mass is 10.1. The molecule has 0 unspecified atom stereocenters.